The molecule has 0 amide bonds. The first-order chi connectivity index (χ1) is 16.0. The van der Waals surface area contributed by atoms with Gasteiger partial charge in [0, 0.05) is 0 Å². The number of carbonyl (C=O) groups excluding carboxylic acids is 2. The van der Waals surface area contributed by atoms with Crippen LogP contribution in [0.3, 0.4) is 0 Å². The number of rotatable bonds is 17. The SMILES string of the molecule is CCCCCCCCOC(=O)c1ccccc1C(=O)OCCCCCCCC.ClCC(Cl)Cl. The lowest BCUT2D eigenvalue weighted by Gasteiger charge is -2.10. The van der Waals surface area contributed by atoms with E-state index >= 15 is 0 Å². The van der Waals surface area contributed by atoms with Gasteiger partial charge in [0.15, 0.2) is 0 Å². The normalized spacial score (nSPS) is 10.5. The Hall–Kier alpha value is -0.970. The number of ether oxygens (including phenoxy) is 2. The summed E-state index contributed by atoms with van der Waals surface area (Å²) < 4.78 is 10.7. The summed E-state index contributed by atoms with van der Waals surface area (Å²) in [4.78, 5) is 24.3. The van der Waals surface area contributed by atoms with E-state index < -0.39 is 16.8 Å². The highest BCUT2D eigenvalue weighted by molar-refractivity contribution is 6.47. The van der Waals surface area contributed by atoms with Crippen molar-refractivity contribution in [2.75, 3.05) is 19.1 Å². The van der Waals surface area contributed by atoms with Crippen LogP contribution in [0.5, 0.6) is 0 Å². The molecule has 0 aromatic heterocycles. The zero-order valence-corrected chi connectivity index (χ0v) is 22.5. The van der Waals surface area contributed by atoms with Crippen molar-refractivity contribution in [2.24, 2.45) is 0 Å². The lowest BCUT2D eigenvalue weighted by molar-refractivity contribution is 0.0450. The van der Waals surface area contributed by atoms with E-state index in [0.29, 0.717) is 30.2 Å². The summed E-state index contributed by atoms with van der Waals surface area (Å²) in [5.74, 6) is -0.579. The maximum atomic E-state index is 12.4. The van der Waals surface area contributed by atoms with Crippen LogP contribution in [0.4, 0.5) is 0 Å². The second-order valence-electron chi connectivity index (χ2n) is 7.90. The number of benzene rings is 1. The number of carbonyl (C=O) groups is 2. The molecule has 0 radical (unpaired) electrons. The molecule has 0 saturated heterocycles. The maximum absolute atomic E-state index is 12.4. The summed E-state index contributed by atoms with van der Waals surface area (Å²) in [6, 6.07) is 6.74. The minimum atomic E-state index is -0.444. The molecule has 1 rings (SSSR count). The quantitative estimate of drug-likeness (QED) is 0.116. The number of halogens is 3. The molecule has 4 nitrogen and oxygen atoms in total. The van der Waals surface area contributed by atoms with Crippen LogP contribution in [0.15, 0.2) is 24.3 Å². The Morgan fingerprint density at radius 3 is 1.36 bits per heavy atom. The lowest BCUT2D eigenvalue weighted by Crippen LogP contribution is -2.15. The molecule has 7 heteroatoms. The molecular weight excluding hydrogens is 483 g/mol. The number of hydrogen-bond acceptors (Lipinski definition) is 4. The molecule has 1 aromatic rings. The molecule has 0 heterocycles. The van der Waals surface area contributed by atoms with Crippen LogP contribution in [-0.4, -0.2) is 35.9 Å². The minimum Gasteiger partial charge on any atom is -0.462 e. The van der Waals surface area contributed by atoms with Crippen molar-refractivity contribution in [2.45, 2.75) is 95.7 Å². The first-order valence-electron chi connectivity index (χ1n) is 12.2. The average molecular weight is 524 g/mol. The van der Waals surface area contributed by atoms with Gasteiger partial charge in [-0.3, -0.25) is 0 Å². The van der Waals surface area contributed by atoms with Gasteiger partial charge in [-0.2, -0.15) is 0 Å². The monoisotopic (exact) mass is 522 g/mol. The highest BCUT2D eigenvalue weighted by Crippen LogP contribution is 2.14. The molecule has 190 valence electrons. The van der Waals surface area contributed by atoms with Gasteiger partial charge in [-0.25, -0.2) is 9.59 Å². The van der Waals surface area contributed by atoms with Gasteiger partial charge in [-0.15, -0.1) is 34.8 Å². The predicted molar refractivity (Wildman–Crippen MR) is 140 cm³/mol. The van der Waals surface area contributed by atoms with Crippen LogP contribution in [0, 0.1) is 0 Å². The van der Waals surface area contributed by atoms with Crippen LogP contribution in [0.25, 0.3) is 0 Å². The number of hydrogen-bond donors (Lipinski definition) is 0. The Bertz CT molecular complexity index is 574. The fourth-order valence-electron chi connectivity index (χ4n) is 3.09. The summed E-state index contributed by atoms with van der Waals surface area (Å²) in [7, 11) is 0. The molecule has 0 saturated carbocycles. The topological polar surface area (TPSA) is 52.6 Å². The van der Waals surface area contributed by atoms with E-state index in [-0.39, 0.29) is 0 Å². The van der Waals surface area contributed by atoms with E-state index in [1.807, 2.05) is 0 Å². The van der Waals surface area contributed by atoms with E-state index in [9.17, 15) is 9.59 Å². The molecule has 0 unspecified atom stereocenters. The Morgan fingerprint density at radius 1 is 0.697 bits per heavy atom. The fourth-order valence-corrected chi connectivity index (χ4v) is 3.09. The van der Waals surface area contributed by atoms with Crippen molar-refractivity contribution in [1.29, 1.82) is 0 Å². The largest absolute Gasteiger partial charge is 0.462 e. The Kier molecular flexibility index (Phi) is 22.1. The maximum Gasteiger partial charge on any atom is 0.339 e. The number of alkyl halides is 3. The zero-order chi connectivity index (χ0) is 24.7. The van der Waals surface area contributed by atoms with Crippen LogP contribution in [-0.2, 0) is 9.47 Å². The molecule has 0 atom stereocenters. The summed E-state index contributed by atoms with van der Waals surface area (Å²) in [6.45, 7) is 5.17. The lowest BCUT2D eigenvalue weighted by atomic mass is 10.1. The van der Waals surface area contributed by atoms with Crippen molar-refractivity contribution in [1.82, 2.24) is 0 Å². The molecule has 0 aliphatic rings. The Balaban J connectivity index is 0.00000184. The van der Waals surface area contributed by atoms with Gasteiger partial charge < -0.3 is 9.47 Å². The zero-order valence-electron chi connectivity index (χ0n) is 20.3. The summed E-state index contributed by atoms with van der Waals surface area (Å²) in [6.07, 6.45) is 13.6. The first-order valence-corrected chi connectivity index (χ1v) is 13.7. The van der Waals surface area contributed by atoms with E-state index in [0.717, 1.165) is 25.7 Å². The summed E-state index contributed by atoms with van der Waals surface area (Å²) >= 11 is 15.3. The predicted octanol–water partition coefficient (Wildman–Crippen LogP) is 8.75. The Morgan fingerprint density at radius 2 is 1.03 bits per heavy atom. The second-order valence-corrected chi connectivity index (χ2v) is 9.48. The summed E-state index contributed by atoms with van der Waals surface area (Å²) in [5.41, 5.74) is 0.586. The van der Waals surface area contributed by atoms with Gasteiger partial charge in [0.05, 0.1) is 30.2 Å². The van der Waals surface area contributed by atoms with E-state index in [4.69, 9.17) is 44.3 Å². The highest BCUT2D eigenvalue weighted by Gasteiger charge is 2.18. The third-order valence-electron chi connectivity index (χ3n) is 4.95. The minimum absolute atomic E-state index is 0.293. The molecule has 33 heavy (non-hydrogen) atoms. The van der Waals surface area contributed by atoms with Gasteiger partial charge in [0.2, 0.25) is 0 Å². The van der Waals surface area contributed by atoms with Gasteiger partial charge in [-0.05, 0) is 25.0 Å². The molecular formula is C26H41Cl3O4. The number of unbranched alkanes of at least 4 members (excludes halogenated alkanes) is 10. The van der Waals surface area contributed by atoms with Crippen LogP contribution in [0.1, 0.15) is 112 Å². The fraction of sp³-hybridized carbons (Fsp3) is 0.692. The second kappa shape index (κ2) is 22.8. The van der Waals surface area contributed by atoms with Gasteiger partial charge in [0.1, 0.15) is 4.84 Å². The highest BCUT2D eigenvalue weighted by atomic mass is 35.5. The third kappa shape index (κ3) is 18.1. The van der Waals surface area contributed by atoms with Crippen LogP contribution in [0.2, 0.25) is 0 Å². The number of esters is 2. The van der Waals surface area contributed by atoms with Gasteiger partial charge in [0.25, 0.3) is 0 Å². The third-order valence-corrected chi connectivity index (χ3v) is 5.88. The molecule has 1 aromatic carbocycles. The molecule has 0 bridgehead atoms. The standard InChI is InChI=1S/C24H38O4.C2H3Cl3/c1-3-5-7-9-11-15-19-27-23(25)21-17-13-14-18-22(21)24(26)28-20-16-12-10-8-6-4-2;3-1-2(4)5/h13-14,17-18H,3-12,15-16,19-20H2,1-2H3;2H,1H2. The van der Waals surface area contributed by atoms with E-state index in [1.54, 1.807) is 24.3 Å². The molecule has 0 fully saturated rings. The molecule has 0 N–H and O–H groups in total. The average Bonchev–Trinajstić information content (AvgIpc) is 2.83. The molecule has 0 spiro atoms. The van der Waals surface area contributed by atoms with Crippen molar-refractivity contribution >= 4 is 46.7 Å². The van der Waals surface area contributed by atoms with Gasteiger partial charge in [-0.1, -0.05) is 90.2 Å². The van der Waals surface area contributed by atoms with Crippen molar-refractivity contribution in [3.63, 3.8) is 0 Å². The van der Waals surface area contributed by atoms with Crippen LogP contribution < -0.4 is 0 Å². The van der Waals surface area contributed by atoms with Crippen molar-refractivity contribution < 1.29 is 19.1 Å². The van der Waals surface area contributed by atoms with Crippen LogP contribution >= 0.6 is 34.8 Å². The Labute approximate surface area is 215 Å². The van der Waals surface area contributed by atoms with Crippen molar-refractivity contribution in [3.05, 3.63) is 35.4 Å². The van der Waals surface area contributed by atoms with Gasteiger partial charge >= 0.3 is 11.9 Å². The van der Waals surface area contributed by atoms with E-state index in [1.165, 1.54) is 51.4 Å². The van der Waals surface area contributed by atoms with Crippen molar-refractivity contribution in [3.8, 4) is 0 Å². The summed E-state index contributed by atoms with van der Waals surface area (Å²) in [5, 5.41) is 0. The first kappa shape index (κ1) is 32.0. The molecule has 0 aliphatic carbocycles. The molecule has 0 aliphatic heterocycles. The van der Waals surface area contributed by atoms with E-state index in [2.05, 4.69) is 13.8 Å². The smallest absolute Gasteiger partial charge is 0.339 e.